The van der Waals surface area contributed by atoms with Crippen LogP contribution >= 0.6 is 23.2 Å². The van der Waals surface area contributed by atoms with Crippen molar-refractivity contribution < 1.29 is 24.2 Å². The minimum Gasteiger partial charge on any atom is -0.507 e. The monoisotopic (exact) mass is 491 g/mol. The van der Waals surface area contributed by atoms with E-state index in [2.05, 4.69) is 6.92 Å². The molecule has 1 unspecified atom stereocenters. The molecule has 0 aliphatic carbocycles. The van der Waals surface area contributed by atoms with Gasteiger partial charge in [0.2, 0.25) is 0 Å². The Bertz CT molecular complexity index is 1040. The zero-order valence-electron chi connectivity index (χ0n) is 18.6. The number of methoxy groups -OCH3 is 1. The quantitative estimate of drug-likeness (QED) is 0.201. The van der Waals surface area contributed by atoms with E-state index in [1.165, 1.54) is 12.0 Å². The van der Waals surface area contributed by atoms with Crippen molar-refractivity contribution in [2.24, 2.45) is 0 Å². The number of aliphatic hydroxyl groups excluding tert-OH is 1. The summed E-state index contributed by atoms with van der Waals surface area (Å²) in [7, 11) is 1.51. The lowest BCUT2D eigenvalue weighted by Crippen LogP contribution is -2.32. The molecule has 0 spiro atoms. The van der Waals surface area contributed by atoms with Crippen LogP contribution in [-0.2, 0) is 14.3 Å². The standard InChI is InChI=1S/C25H27Cl2NO5/c1-3-4-5-13-33-18-9-6-16(7-10-18)23(29)21-22(17-8-11-19(26)20(27)15-17)28(12-14-32-2)25(31)24(21)30/h6-11,15,22,29H,3-5,12-14H2,1-2H3/b23-21-. The first-order valence-electron chi connectivity index (χ1n) is 10.8. The molecule has 1 saturated heterocycles. The van der Waals surface area contributed by atoms with Gasteiger partial charge in [-0.3, -0.25) is 9.59 Å². The number of benzene rings is 2. The molecule has 1 aliphatic heterocycles. The topological polar surface area (TPSA) is 76.1 Å². The number of carbonyl (C=O) groups excluding carboxylic acids is 2. The number of rotatable bonds is 10. The fourth-order valence-electron chi connectivity index (χ4n) is 3.74. The first-order valence-corrected chi connectivity index (χ1v) is 11.6. The number of nitrogens with zero attached hydrogens (tertiary/aromatic N) is 1. The molecular weight excluding hydrogens is 465 g/mol. The summed E-state index contributed by atoms with van der Waals surface area (Å²) in [5, 5.41) is 11.7. The Labute approximate surface area is 203 Å². The second kappa shape index (κ2) is 11.5. The van der Waals surface area contributed by atoms with Gasteiger partial charge in [0.1, 0.15) is 11.5 Å². The van der Waals surface area contributed by atoms with Gasteiger partial charge >= 0.3 is 0 Å². The molecule has 0 saturated carbocycles. The average Bonchev–Trinajstić information content (AvgIpc) is 3.07. The van der Waals surface area contributed by atoms with Crippen molar-refractivity contribution in [3.8, 4) is 5.75 Å². The van der Waals surface area contributed by atoms with Crippen LogP contribution in [-0.4, -0.2) is 48.6 Å². The summed E-state index contributed by atoms with van der Waals surface area (Å²) in [6.07, 6.45) is 3.17. The highest BCUT2D eigenvalue weighted by atomic mass is 35.5. The summed E-state index contributed by atoms with van der Waals surface area (Å²) in [6.45, 7) is 3.14. The van der Waals surface area contributed by atoms with Crippen LogP contribution < -0.4 is 4.74 Å². The van der Waals surface area contributed by atoms with Crippen LogP contribution in [0, 0.1) is 0 Å². The SMILES string of the molecule is CCCCCOc1ccc(/C(O)=C2/C(=O)C(=O)N(CCOC)C2c2ccc(Cl)c(Cl)c2)cc1. The molecule has 33 heavy (non-hydrogen) atoms. The van der Waals surface area contributed by atoms with Crippen molar-refractivity contribution in [3.63, 3.8) is 0 Å². The van der Waals surface area contributed by atoms with Crippen LogP contribution in [0.1, 0.15) is 43.4 Å². The highest BCUT2D eigenvalue weighted by Gasteiger charge is 2.46. The number of ketones is 1. The zero-order chi connectivity index (χ0) is 24.0. The van der Waals surface area contributed by atoms with E-state index < -0.39 is 17.7 Å². The Kier molecular flexibility index (Phi) is 8.78. The summed E-state index contributed by atoms with van der Waals surface area (Å²) >= 11 is 12.3. The molecule has 1 aliphatic rings. The maximum Gasteiger partial charge on any atom is 0.295 e. The Balaban J connectivity index is 1.98. The van der Waals surface area contributed by atoms with Crippen LogP contribution in [0.15, 0.2) is 48.0 Å². The van der Waals surface area contributed by atoms with Crippen LogP contribution in [0.5, 0.6) is 5.75 Å². The summed E-state index contributed by atoms with van der Waals surface area (Å²) in [5.74, 6) is -1.06. The van der Waals surface area contributed by atoms with Gasteiger partial charge in [-0.15, -0.1) is 0 Å². The van der Waals surface area contributed by atoms with E-state index in [-0.39, 0.29) is 29.5 Å². The number of likely N-dealkylation sites (tertiary alicyclic amines) is 1. The van der Waals surface area contributed by atoms with Crippen molar-refractivity contribution in [1.82, 2.24) is 4.90 Å². The minimum absolute atomic E-state index is 0.00823. The molecule has 1 heterocycles. The lowest BCUT2D eigenvalue weighted by molar-refractivity contribution is -0.140. The van der Waals surface area contributed by atoms with Crippen molar-refractivity contribution in [1.29, 1.82) is 0 Å². The fourth-order valence-corrected chi connectivity index (χ4v) is 4.04. The molecular formula is C25H27Cl2NO5. The Morgan fingerprint density at radius 2 is 1.76 bits per heavy atom. The van der Waals surface area contributed by atoms with E-state index in [1.54, 1.807) is 42.5 Å². The second-order valence-electron chi connectivity index (χ2n) is 7.74. The van der Waals surface area contributed by atoms with Gasteiger partial charge in [-0.1, -0.05) is 49.0 Å². The lowest BCUT2D eigenvalue weighted by Gasteiger charge is -2.25. The molecule has 0 aromatic heterocycles. The van der Waals surface area contributed by atoms with Gasteiger partial charge in [0.25, 0.3) is 11.7 Å². The number of hydrogen-bond acceptors (Lipinski definition) is 5. The van der Waals surface area contributed by atoms with Gasteiger partial charge in [0.15, 0.2) is 0 Å². The minimum atomic E-state index is -0.820. The zero-order valence-corrected chi connectivity index (χ0v) is 20.2. The van der Waals surface area contributed by atoms with Crippen molar-refractivity contribution in [2.75, 3.05) is 26.9 Å². The van der Waals surface area contributed by atoms with Crippen LogP contribution in [0.3, 0.4) is 0 Å². The highest BCUT2D eigenvalue weighted by molar-refractivity contribution is 6.46. The van der Waals surface area contributed by atoms with Crippen molar-refractivity contribution >= 4 is 40.7 Å². The molecule has 3 rings (SSSR count). The van der Waals surface area contributed by atoms with E-state index in [9.17, 15) is 14.7 Å². The third-order valence-electron chi connectivity index (χ3n) is 5.48. The van der Waals surface area contributed by atoms with E-state index in [1.807, 2.05) is 0 Å². The van der Waals surface area contributed by atoms with E-state index in [0.717, 1.165) is 19.3 Å². The molecule has 8 heteroatoms. The van der Waals surface area contributed by atoms with E-state index >= 15 is 0 Å². The van der Waals surface area contributed by atoms with Crippen molar-refractivity contribution in [2.45, 2.75) is 32.2 Å². The molecule has 1 fully saturated rings. The number of aliphatic hydroxyl groups is 1. The average molecular weight is 492 g/mol. The van der Waals surface area contributed by atoms with Gasteiger partial charge in [-0.05, 0) is 48.4 Å². The molecule has 2 aromatic carbocycles. The third kappa shape index (κ3) is 5.69. The first kappa shape index (κ1) is 25.1. The molecule has 2 aromatic rings. The fraction of sp³-hybridized carbons (Fsp3) is 0.360. The number of halogens is 2. The van der Waals surface area contributed by atoms with Gasteiger partial charge in [0.05, 0.1) is 34.9 Å². The van der Waals surface area contributed by atoms with Crippen LogP contribution in [0.25, 0.3) is 5.76 Å². The lowest BCUT2D eigenvalue weighted by atomic mass is 9.95. The Morgan fingerprint density at radius 1 is 1.03 bits per heavy atom. The van der Waals surface area contributed by atoms with E-state index in [4.69, 9.17) is 32.7 Å². The van der Waals surface area contributed by atoms with Gasteiger partial charge < -0.3 is 19.5 Å². The first-order chi connectivity index (χ1) is 15.9. The number of amides is 1. The number of Topliss-reactive ketones (excluding diaryl/α,β-unsaturated/α-hetero) is 1. The predicted molar refractivity (Wildman–Crippen MR) is 129 cm³/mol. The van der Waals surface area contributed by atoms with E-state index in [0.29, 0.717) is 28.5 Å². The summed E-state index contributed by atoms with van der Waals surface area (Å²) in [6, 6.07) is 10.9. The summed E-state index contributed by atoms with van der Waals surface area (Å²) in [5.41, 5.74) is 0.967. The smallest absolute Gasteiger partial charge is 0.295 e. The molecule has 0 radical (unpaired) electrons. The van der Waals surface area contributed by atoms with Crippen molar-refractivity contribution in [3.05, 3.63) is 69.2 Å². The maximum atomic E-state index is 13.0. The summed E-state index contributed by atoms with van der Waals surface area (Å²) < 4.78 is 10.8. The second-order valence-corrected chi connectivity index (χ2v) is 8.55. The number of ether oxygens (including phenoxy) is 2. The predicted octanol–water partition coefficient (Wildman–Crippen LogP) is 5.63. The Morgan fingerprint density at radius 3 is 2.39 bits per heavy atom. The molecule has 176 valence electrons. The third-order valence-corrected chi connectivity index (χ3v) is 6.22. The molecule has 1 N–H and O–H groups in total. The molecule has 1 atom stereocenters. The number of unbranched alkanes of at least 4 members (excludes halogenated alkanes) is 2. The number of carbonyl (C=O) groups is 2. The van der Waals surface area contributed by atoms with Gasteiger partial charge in [-0.2, -0.15) is 0 Å². The molecule has 0 bridgehead atoms. The normalized spacial score (nSPS) is 17.6. The maximum absolute atomic E-state index is 13.0. The van der Waals surface area contributed by atoms with Crippen LogP contribution in [0.4, 0.5) is 0 Å². The summed E-state index contributed by atoms with van der Waals surface area (Å²) in [4.78, 5) is 27.2. The Hall–Kier alpha value is -2.54. The van der Waals surface area contributed by atoms with Gasteiger partial charge in [0, 0.05) is 19.2 Å². The van der Waals surface area contributed by atoms with Crippen LogP contribution in [0.2, 0.25) is 10.0 Å². The largest absolute Gasteiger partial charge is 0.507 e. The number of hydrogen-bond donors (Lipinski definition) is 1. The highest BCUT2D eigenvalue weighted by Crippen LogP contribution is 2.40. The van der Waals surface area contributed by atoms with Gasteiger partial charge in [-0.25, -0.2) is 0 Å². The molecule has 1 amide bonds. The molecule has 6 nitrogen and oxygen atoms in total.